The number of methoxy groups -OCH3 is 1. The molecule has 4 nitrogen and oxygen atoms in total. The Hall–Kier alpha value is -1.13. The largest absolute Gasteiger partial charge is 0.384 e. The maximum absolute atomic E-state index is 5.81. The molecule has 4 heteroatoms. The predicted octanol–water partition coefficient (Wildman–Crippen LogP) is 1.71. The number of anilines is 1. The fraction of sp³-hybridized carbons (Fsp3) is 0.643. The van der Waals surface area contributed by atoms with E-state index < -0.39 is 0 Å². The molecule has 1 atom stereocenters. The second kappa shape index (κ2) is 6.16. The molecule has 1 fully saturated rings. The summed E-state index contributed by atoms with van der Waals surface area (Å²) in [6, 6.07) is 4.12. The molecule has 0 radical (unpaired) electrons. The molecule has 0 aromatic carbocycles. The Labute approximate surface area is 109 Å². The van der Waals surface area contributed by atoms with Crippen LogP contribution in [-0.4, -0.2) is 31.8 Å². The van der Waals surface area contributed by atoms with Crippen LogP contribution in [0.15, 0.2) is 12.1 Å². The molecule has 0 aliphatic carbocycles. The number of pyridine rings is 1. The first kappa shape index (κ1) is 13.3. The van der Waals surface area contributed by atoms with Gasteiger partial charge >= 0.3 is 0 Å². The number of nitrogens with two attached hydrogens (primary N) is 1. The SMILES string of the molecule is COCC1CCCN(c2nc(C)ccc2CN)C1. The van der Waals surface area contributed by atoms with Crippen molar-refractivity contribution in [1.82, 2.24) is 4.98 Å². The minimum Gasteiger partial charge on any atom is -0.384 e. The summed E-state index contributed by atoms with van der Waals surface area (Å²) in [5.41, 5.74) is 8.00. The summed E-state index contributed by atoms with van der Waals surface area (Å²) in [6.45, 7) is 5.51. The standard InChI is InChI=1S/C14H23N3O/c1-11-5-6-13(8-15)14(16-11)17-7-3-4-12(9-17)10-18-2/h5-6,12H,3-4,7-10,15H2,1-2H3. The molecule has 1 aliphatic rings. The molecule has 0 amide bonds. The summed E-state index contributed by atoms with van der Waals surface area (Å²) >= 11 is 0. The van der Waals surface area contributed by atoms with Crippen LogP contribution in [0, 0.1) is 12.8 Å². The third-order valence-electron chi connectivity index (χ3n) is 3.54. The third kappa shape index (κ3) is 3.00. The molecule has 0 bridgehead atoms. The van der Waals surface area contributed by atoms with Gasteiger partial charge in [-0.05, 0) is 31.7 Å². The highest BCUT2D eigenvalue weighted by molar-refractivity contribution is 5.48. The van der Waals surface area contributed by atoms with E-state index in [-0.39, 0.29) is 0 Å². The van der Waals surface area contributed by atoms with Gasteiger partial charge in [0, 0.05) is 38.0 Å². The Bertz CT molecular complexity index is 393. The van der Waals surface area contributed by atoms with Crippen molar-refractivity contribution < 1.29 is 4.74 Å². The van der Waals surface area contributed by atoms with E-state index in [0.717, 1.165) is 36.8 Å². The van der Waals surface area contributed by atoms with Gasteiger partial charge in [0.25, 0.3) is 0 Å². The summed E-state index contributed by atoms with van der Waals surface area (Å²) in [6.07, 6.45) is 2.45. The lowest BCUT2D eigenvalue weighted by atomic mass is 9.98. The molecular formula is C14H23N3O. The maximum atomic E-state index is 5.81. The van der Waals surface area contributed by atoms with Crippen LogP contribution in [-0.2, 0) is 11.3 Å². The average molecular weight is 249 g/mol. The number of aromatic nitrogens is 1. The highest BCUT2D eigenvalue weighted by Crippen LogP contribution is 2.25. The van der Waals surface area contributed by atoms with Crippen molar-refractivity contribution in [3.05, 3.63) is 23.4 Å². The molecule has 2 heterocycles. The first-order valence-electron chi connectivity index (χ1n) is 6.65. The number of nitrogens with zero attached hydrogens (tertiary/aromatic N) is 2. The van der Waals surface area contributed by atoms with Crippen molar-refractivity contribution in [1.29, 1.82) is 0 Å². The van der Waals surface area contributed by atoms with Gasteiger partial charge in [-0.2, -0.15) is 0 Å². The minimum absolute atomic E-state index is 0.550. The lowest BCUT2D eigenvalue weighted by Gasteiger charge is -2.34. The molecule has 18 heavy (non-hydrogen) atoms. The van der Waals surface area contributed by atoms with Crippen molar-refractivity contribution in [3.63, 3.8) is 0 Å². The first-order valence-corrected chi connectivity index (χ1v) is 6.65. The average Bonchev–Trinajstić information content (AvgIpc) is 2.39. The second-order valence-electron chi connectivity index (χ2n) is 5.05. The zero-order valence-corrected chi connectivity index (χ0v) is 11.4. The van der Waals surface area contributed by atoms with Gasteiger partial charge in [-0.3, -0.25) is 0 Å². The smallest absolute Gasteiger partial charge is 0.133 e. The van der Waals surface area contributed by atoms with E-state index in [1.165, 1.54) is 12.8 Å². The Balaban J connectivity index is 2.17. The summed E-state index contributed by atoms with van der Waals surface area (Å²) in [5.74, 6) is 1.68. The topological polar surface area (TPSA) is 51.4 Å². The van der Waals surface area contributed by atoms with Crippen molar-refractivity contribution in [2.24, 2.45) is 11.7 Å². The number of ether oxygens (including phenoxy) is 1. The molecule has 2 N–H and O–H groups in total. The quantitative estimate of drug-likeness (QED) is 0.882. The molecule has 1 unspecified atom stereocenters. The van der Waals surface area contributed by atoms with E-state index in [1.807, 2.05) is 13.0 Å². The van der Waals surface area contributed by atoms with E-state index in [1.54, 1.807) is 7.11 Å². The lowest BCUT2D eigenvalue weighted by molar-refractivity contribution is 0.143. The second-order valence-corrected chi connectivity index (χ2v) is 5.05. The molecule has 100 valence electrons. The van der Waals surface area contributed by atoms with Crippen LogP contribution in [0.25, 0.3) is 0 Å². The van der Waals surface area contributed by atoms with Crippen LogP contribution in [0.4, 0.5) is 5.82 Å². The Morgan fingerprint density at radius 2 is 2.33 bits per heavy atom. The van der Waals surface area contributed by atoms with Crippen LogP contribution in [0.3, 0.4) is 0 Å². The number of piperidine rings is 1. The van der Waals surface area contributed by atoms with Gasteiger partial charge in [0.1, 0.15) is 5.82 Å². The normalized spacial score (nSPS) is 20.2. The Morgan fingerprint density at radius 1 is 1.50 bits per heavy atom. The molecule has 0 spiro atoms. The molecule has 1 aromatic rings. The van der Waals surface area contributed by atoms with E-state index in [9.17, 15) is 0 Å². The van der Waals surface area contributed by atoms with Crippen LogP contribution < -0.4 is 10.6 Å². The van der Waals surface area contributed by atoms with Gasteiger partial charge in [-0.25, -0.2) is 4.98 Å². The van der Waals surface area contributed by atoms with Crippen LogP contribution in [0.1, 0.15) is 24.1 Å². The summed E-state index contributed by atoms with van der Waals surface area (Å²) in [5, 5.41) is 0. The zero-order chi connectivity index (χ0) is 13.0. The molecule has 1 aromatic heterocycles. The van der Waals surface area contributed by atoms with Crippen LogP contribution in [0.2, 0.25) is 0 Å². The zero-order valence-electron chi connectivity index (χ0n) is 11.4. The van der Waals surface area contributed by atoms with E-state index in [4.69, 9.17) is 10.5 Å². The number of hydrogen-bond acceptors (Lipinski definition) is 4. The van der Waals surface area contributed by atoms with Gasteiger partial charge in [-0.15, -0.1) is 0 Å². The van der Waals surface area contributed by atoms with Gasteiger partial charge in [0.15, 0.2) is 0 Å². The number of hydrogen-bond donors (Lipinski definition) is 1. The molecule has 1 aliphatic heterocycles. The van der Waals surface area contributed by atoms with Gasteiger partial charge in [0.05, 0.1) is 6.61 Å². The third-order valence-corrected chi connectivity index (χ3v) is 3.54. The van der Waals surface area contributed by atoms with Gasteiger partial charge in [-0.1, -0.05) is 6.07 Å². The van der Waals surface area contributed by atoms with E-state index >= 15 is 0 Å². The van der Waals surface area contributed by atoms with Crippen LogP contribution >= 0.6 is 0 Å². The highest BCUT2D eigenvalue weighted by atomic mass is 16.5. The van der Waals surface area contributed by atoms with Crippen molar-refractivity contribution >= 4 is 5.82 Å². The molecule has 1 saturated heterocycles. The van der Waals surface area contributed by atoms with Gasteiger partial charge in [0.2, 0.25) is 0 Å². The number of rotatable bonds is 4. The fourth-order valence-electron chi connectivity index (χ4n) is 2.63. The maximum Gasteiger partial charge on any atom is 0.133 e. The lowest BCUT2D eigenvalue weighted by Crippen LogP contribution is -2.38. The Morgan fingerprint density at radius 3 is 3.06 bits per heavy atom. The predicted molar refractivity (Wildman–Crippen MR) is 73.7 cm³/mol. The fourth-order valence-corrected chi connectivity index (χ4v) is 2.63. The van der Waals surface area contributed by atoms with E-state index in [2.05, 4.69) is 16.0 Å². The molecular weight excluding hydrogens is 226 g/mol. The van der Waals surface area contributed by atoms with Crippen molar-refractivity contribution in [2.45, 2.75) is 26.3 Å². The summed E-state index contributed by atoms with van der Waals surface area (Å²) < 4.78 is 5.27. The minimum atomic E-state index is 0.550. The molecule has 0 saturated carbocycles. The summed E-state index contributed by atoms with van der Waals surface area (Å²) in [4.78, 5) is 7.03. The van der Waals surface area contributed by atoms with Gasteiger partial charge < -0.3 is 15.4 Å². The molecule has 2 rings (SSSR count). The highest BCUT2D eigenvalue weighted by Gasteiger charge is 2.22. The summed E-state index contributed by atoms with van der Waals surface area (Å²) in [7, 11) is 1.77. The Kier molecular flexibility index (Phi) is 4.55. The first-order chi connectivity index (χ1) is 8.74. The van der Waals surface area contributed by atoms with Crippen molar-refractivity contribution in [2.75, 3.05) is 31.7 Å². The monoisotopic (exact) mass is 249 g/mol. The van der Waals surface area contributed by atoms with Crippen LogP contribution in [0.5, 0.6) is 0 Å². The number of aryl methyl sites for hydroxylation is 1. The van der Waals surface area contributed by atoms with E-state index in [0.29, 0.717) is 12.5 Å². The van der Waals surface area contributed by atoms with Crippen molar-refractivity contribution in [3.8, 4) is 0 Å².